The number of carbonyl (C=O) groups is 1. The van der Waals surface area contributed by atoms with E-state index in [1.165, 1.54) is 16.1 Å². The number of nitrogens with zero attached hydrogens (tertiary/aromatic N) is 1. The number of halogens is 3. The molecule has 2 rings (SSSR count). The van der Waals surface area contributed by atoms with Gasteiger partial charge in [-0.3, -0.25) is 0 Å². The second-order valence-electron chi connectivity index (χ2n) is 6.88. The van der Waals surface area contributed by atoms with E-state index in [2.05, 4.69) is 4.74 Å². The Morgan fingerprint density at radius 1 is 1.12 bits per heavy atom. The number of ether oxygens (including phenoxy) is 2. The number of sulfonamides is 1. The van der Waals surface area contributed by atoms with Gasteiger partial charge in [-0.25, -0.2) is 13.2 Å². The van der Waals surface area contributed by atoms with E-state index in [0.29, 0.717) is 17.9 Å². The summed E-state index contributed by atoms with van der Waals surface area (Å²) in [4.78, 5) is 11.4. The van der Waals surface area contributed by atoms with Crippen LogP contribution in [0.15, 0.2) is 52.3 Å². The molecule has 0 fully saturated rings. The lowest BCUT2D eigenvalue weighted by atomic mass is 10.2. The zero-order chi connectivity index (χ0) is 24.6. The lowest BCUT2D eigenvalue weighted by molar-refractivity contribution is -0.274. The highest BCUT2D eigenvalue weighted by Crippen LogP contribution is 2.28. The smallest absolute Gasteiger partial charge is 0.482 e. The number of alkyl halides is 3. The molecule has 0 unspecified atom stereocenters. The topological polar surface area (TPSA) is 93.1 Å². The Labute approximate surface area is 194 Å². The molecule has 182 valence electrons. The largest absolute Gasteiger partial charge is 0.573 e. The van der Waals surface area contributed by atoms with Crippen LogP contribution in [0.5, 0.6) is 11.5 Å². The summed E-state index contributed by atoms with van der Waals surface area (Å²) in [5.74, 6) is -0.684. The summed E-state index contributed by atoms with van der Waals surface area (Å²) in [5.41, 5.74) is 0.750. The molecular weight excluding hydrogens is 483 g/mol. The molecule has 2 aromatic rings. The van der Waals surface area contributed by atoms with Crippen molar-refractivity contribution in [3.8, 4) is 11.5 Å². The molecule has 0 amide bonds. The Kier molecular flexibility index (Phi) is 9.44. The molecular formula is C21H24F3NO6S2. The van der Waals surface area contributed by atoms with Gasteiger partial charge in [-0.2, -0.15) is 4.31 Å². The molecule has 0 aliphatic carbocycles. The van der Waals surface area contributed by atoms with E-state index in [9.17, 15) is 26.4 Å². The maximum atomic E-state index is 13.0. The van der Waals surface area contributed by atoms with Crippen LogP contribution >= 0.6 is 11.8 Å². The van der Waals surface area contributed by atoms with E-state index in [0.717, 1.165) is 34.7 Å². The zero-order valence-electron chi connectivity index (χ0n) is 18.0. The van der Waals surface area contributed by atoms with Gasteiger partial charge in [-0.15, -0.1) is 24.9 Å². The fourth-order valence-electron chi connectivity index (χ4n) is 2.84. The summed E-state index contributed by atoms with van der Waals surface area (Å²) in [6.07, 6.45) is -4.29. The number of carboxylic acids is 1. The molecule has 0 saturated carbocycles. The molecule has 0 bridgehead atoms. The molecule has 0 heterocycles. The molecule has 0 spiro atoms. The van der Waals surface area contributed by atoms with Crippen LogP contribution < -0.4 is 9.47 Å². The third-order valence-corrected chi connectivity index (χ3v) is 7.16. The maximum Gasteiger partial charge on any atom is 0.573 e. The Morgan fingerprint density at radius 2 is 1.79 bits per heavy atom. The van der Waals surface area contributed by atoms with Crippen molar-refractivity contribution in [3.63, 3.8) is 0 Å². The van der Waals surface area contributed by atoms with Crippen molar-refractivity contribution in [2.24, 2.45) is 0 Å². The second kappa shape index (κ2) is 11.6. The highest BCUT2D eigenvalue weighted by atomic mass is 32.2. The van der Waals surface area contributed by atoms with Gasteiger partial charge in [0.2, 0.25) is 10.0 Å². The lowest BCUT2D eigenvalue weighted by Gasteiger charge is -2.22. The number of carboxylic acid groups (broad SMARTS) is 1. The first-order valence-electron chi connectivity index (χ1n) is 9.86. The van der Waals surface area contributed by atoms with Gasteiger partial charge in [0.1, 0.15) is 11.5 Å². The third kappa shape index (κ3) is 8.45. The number of rotatable bonds is 12. The van der Waals surface area contributed by atoms with E-state index >= 15 is 0 Å². The summed E-state index contributed by atoms with van der Waals surface area (Å²) in [5, 5.41) is 8.70. The van der Waals surface area contributed by atoms with Gasteiger partial charge in [-0.1, -0.05) is 6.92 Å². The van der Waals surface area contributed by atoms with Crippen LogP contribution in [0.2, 0.25) is 0 Å². The summed E-state index contributed by atoms with van der Waals surface area (Å²) in [7, 11) is -3.90. The number of hydrogen-bond acceptors (Lipinski definition) is 6. The highest BCUT2D eigenvalue weighted by Gasteiger charge is 2.31. The fraction of sp³-hybridized carbons (Fsp3) is 0.381. The zero-order valence-corrected chi connectivity index (χ0v) is 19.6. The Morgan fingerprint density at radius 3 is 2.33 bits per heavy atom. The van der Waals surface area contributed by atoms with Gasteiger partial charge in [0.05, 0.1) is 4.90 Å². The average molecular weight is 508 g/mol. The van der Waals surface area contributed by atoms with Gasteiger partial charge in [0.25, 0.3) is 0 Å². The fourth-order valence-corrected chi connectivity index (χ4v) is 5.46. The third-order valence-electron chi connectivity index (χ3n) is 4.28. The quantitative estimate of drug-likeness (QED) is 0.421. The van der Waals surface area contributed by atoms with Crippen LogP contribution in [0.4, 0.5) is 13.2 Å². The molecule has 0 aliphatic heterocycles. The van der Waals surface area contributed by atoms with Gasteiger partial charge < -0.3 is 14.6 Å². The van der Waals surface area contributed by atoms with Gasteiger partial charge in [0.15, 0.2) is 6.61 Å². The Bertz CT molecular complexity index is 1040. The van der Waals surface area contributed by atoms with Crippen molar-refractivity contribution in [1.29, 1.82) is 0 Å². The number of aliphatic carboxylic acids is 1. The van der Waals surface area contributed by atoms with Crippen LogP contribution in [-0.2, 0) is 14.8 Å². The molecule has 2 aromatic carbocycles. The standard InChI is InChI=1S/C21H24F3NO6S2/c1-3-10-25(33(28,29)18-7-4-16(5-8-18)31-21(22,23)24)11-12-32-17-6-9-19(15(2)13-17)30-14-20(26)27/h4-9,13H,3,10-12,14H2,1-2H3,(H,26,27). The summed E-state index contributed by atoms with van der Waals surface area (Å²) in [6.45, 7) is 3.61. The van der Waals surface area contributed by atoms with Gasteiger partial charge in [0, 0.05) is 23.7 Å². The van der Waals surface area contributed by atoms with E-state index in [1.54, 1.807) is 19.1 Å². The number of aryl methyl sites for hydroxylation is 1. The summed E-state index contributed by atoms with van der Waals surface area (Å²) in [6, 6.07) is 9.35. The van der Waals surface area contributed by atoms with Crippen LogP contribution in [-0.4, -0.2) is 55.6 Å². The highest BCUT2D eigenvalue weighted by molar-refractivity contribution is 7.99. The molecule has 0 radical (unpaired) electrons. The van der Waals surface area contributed by atoms with E-state index in [4.69, 9.17) is 9.84 Å². The first kappa shape index (κ1) is 26.8. The maximum absolute atomic E-state index is 13.0. The lowest BCUT2D eigenvalue weighted by Crippen LogP contribution is -2.33. The molecule has 7 nitrogen and oxygen atoms in total. The predicted molar refractivity (Wildman–Crippen MR) is 117 cm³/mol. The summed E-state index contributed by atoms with van der Waals surface area (Å²) >= 11 is 1.42. The molecule has 12 heteroatoms. The molecule has 0 saturated heterocycles. The van der Waals surface area contributed by atoms with Crippen LogP contribution in [0, 0.1) is 6.92 Å². The van der Waals surface area contributed by atoms with Crippen molar-refractivity contribution in [2.45, 2.75) is 36.4 Å². The minimum Gasteiger partial charge on any atom is -0.482 e. The van der Waals surface area contributed by atoms with Crippen LogP contribution in [0.1, 0.15) is 18.9 Å². The van der Waals surface area contributed by atoms with Crippen molar-refractivity contribution >= 4 is 27.8 Å². The molecule has 1 N–H and O–H groups in total. The normalized spacial score (nSPS) is 12.1. The second-order valence-corrected chi connectivity index (χ2v) is 9.99. The van der Waals surface area contributed by atoms with Gasteiger partial charge in [-0.05, 0) is 61.4 Å². The first-order valence-corrected chi connectivity index (χ1v) is 12.3. The minimum absolute atomic E-state index is 0.119. The Balaban J connectivity index is 2.03. The van der Waals surface area contributed by atoms with Crippen molar-refractivity contribution in [3.05, 3.63) is 48.0 Å². The SMILES string of the molecule is CCCN(CCSc1ccc(OCC(=O)O)c(C)c1)S(=O)(=O)c1ccc(OC(F)(F)F)cc1. The minimum atomic E-state index is -4.86. The van der Waals surface area contributed by atoms with Crippen LogP contribution in [0.3, 0.4) is 0 Å². The average Bonchev–Trinajstić information content (AvgIpc) is 2.71. The number of benzene rings is 2. The van der Waals surface area contributed by atoms with Gasteiger partial charge >= 0.3 is 12.3 Å². The van der Waals surface area contributed by atoms with Crippen molar-refractivity contribution in [2.75, 3.05) is 25.4 Å². The number of thioether (sulfide) groups is 1. The molecule has 0 atom stereocenters. The molecule has 0 aromatic heterocycles. The van der Waals surface area contributed by atoms with Crippen molar-refractivity contribution < 1.29 is 41.0 Å². The summed E-state index contributed by atoms with van der Waals surface area (Å²) < 4.78 is 73.2. The monoisotopic (exact) mass is 507 g/mol. The molecule has 33 heavy (non-hydrogen) atoms. The van der Waals surface area contributed by atoms with E-state index < -0.39 is 34.7 Å². The predicted octanol–water partition coefficient (Wildman–Crippen LogP) is 4.55. The van der Waals surface area contributed by atoms with Crippen molar-refractivity contribution in [1.82, 2.24) is 4.31 Å². The van der Waals surface area contributed by atoms with Crippen LogP contribution in [0.25, 0.3) is 0 Å². The molecule has 0 aliphatic rings. The Hall–Kier alpha value is -2.44. The first-order chi connectivity index (χ1) is 15.4. The number of hydrogen-bond donors (Lipinski definition) is 1. The van der Waals surface area contributed by atoms with E-state index in [1.807, 2.05) is 13.0 Å². The van der Waals surface area contributed by atoms with E-state index in [-0.39, 0.29) is 18.0 Å².